The molecule has 0 radical (unpaired) electrons. The Balaban J connectivity index is 2.00. The minimum Gasteiger partial charge on any atom is -0.482 e. The molecule has 0 aliphatic heterocycles. The van der Waals surface area contributed by atoms with E-state index in [0.717, 1.165) is 5.56 Å². The van der Waals surface area contributed by atoms with Crippen LogP contribution in [0, 0.1) is 0 Å². The number of allylic oxidation sites excluding steroid dienone is 1. The molecule has 0 aliphatic rings. The Morgan fingerprint density at radius 2 is 1.78 bits per heavy atom. The van der Waals surface area contributed by atoms with Gasteiger partial charge in [-0.15, -0.1) is 0 Å². The molecule has 0 aromatic heterocycles. The smallest absolute Gasteiger partial charge is 0.343 e. The highest BCUT2D eigenvalue weighted by molar-refractivity contribution is 6.32. The van der Waals surface area contributed by atoms with Gasteiger partial charge >= 0.3 is 5.97 Å². The second kappa shape index (κ2) is 8.15. The Morgan fingerprint density at radius 1 is 1.09 bits per heavy atom. The van der Waals surface area contributed by atoms with Crippen LogP contribution in [0.25, 0.3) is 6.08 Å². The number of ketones is 1. The third-order valence-corrected chi connectivity index (χ3v) is 3.39. The highest BCUT2D eigenvalue weighted by Crippen LogP contribution is 2.17. The summed E-state index contributed by atoms with van der Waals surface area (Å²) in [6, 6.07) is 13.8. The molecule has 23 heavy (non-hydrogen) atoms. The van der Waals surface area contributed by atoms with Gasteiger partial charge in [0.15, 0.2) is 12.4 Å². The van der Waals surface area contributed by atoms with Gasteiger partial charge in [-0.25, -0.2) is 4.79 Å². The molecule has 2 aromatic carbocycles. The highest BCUT2D eigenvalue weighted by Gasteiger charge is 2.05. The van der Waals surface area contributed by atoms with Crippen molar-refractivity contribution < 1.29 is 19.1 Å². The molecular weight excluding hydrogens is 316 g/mol. The molecule has 5 heteroatoms. The van der Waals surface area contributed by atoms with Crippen LogP contribution in [0.4, 0.5) is 0 Å². The topological polar surface area (TPSA) is 52.6 Å². The Kier molecular flexibility index (Phi) is 5.94. The molecule has 2 aromatic rings. The van der Waals surface area contributed by atoms with Crippen molar-refractivity contribution in [2.75, 3.05) is 13.7 Å². The number of hydrogen-bond acceptors (Lipinski definition) is 4. The molecule has 0 bridgehead atoms. The van der Waals surface area contributed by atoms with E-state index in [4.69, 9.17) is 16.3 Å². The minimum absolute atomic E-state index is 0.149. The number of benzene rings is 2. The second-order valence-electron chi connectivity index (χ2n) is 4.61. The maximum absolute atomic E-state index is 12.1. The highest BCUT2D eigenvalue weighted by atomic mass is 35.5. The van der Waals surface area contributed by atoms with E-state index in [1.807, 2.05) is 18.2 Å². The largest absolute Gasteiger partial charge is 0.482 e. The fourth-order valence-corrected chi connectivity index (χ4v) is 1.99. The summed E-state index contributed by atoms with van der Waals surface area (Å²) in [5.41, 5.74) is 1.29. The average Bonchev–Trinajstić information content (AvgIpc) is 2.59. The molecule has 0 atom stereocenters. The lowest BCUT2D eigenvalue weighted by atomic mass is 10.1. The van der Waals surface area contributed by atoms with Gasteiger partial charge in [0.25, 0.3) is 0 Å². The Bertz CT molecular complexity index is 720. The first-order valence-electron chi connectivity index (χ1n) is 6.87. The van der Waals surface area contributed by atoms with Crippen LogP contribution in [-0.2, 0) is 9.53 Å². The van der Waals surface area contributed by atoms with E-state index in [9.17, 15) is 9.59 Å². The summed E-state index contributed by atoms with van der Waals surface area (Å²) in [4.78, 5) is 23.1. The van der Waals surface area contributed by atoms with Gasteiger partial charge < -0.3 is 9.47 Å². The van der Waals surface area contributed by atoms with Gasteiger partial charge in [-0.2, -0.15) is 0 Å². The van der Waals surface area contributed by atoms with Crippen molar-refractivity contribution >= 4 is 29.4 Å². The summed E-state index contributed by atoms with van der Waals surface area (Å²) < 4.78 is 9.70. The van der Waals surface area contributed by atoms with Crippen molar-refractivity contribution in [2.24, 2.45) is 0 Å². The quantitative estimate of drug-likeness (QED) is 0.459. The van der Waals surface area contributed by atoms with Gasteiger partial charge in [-0.3, -0.25) is 4.79 Å². The zero-order chi connectivity index (χ0) is 16.7. The maximum Gasteiger partial charge on any atom is 0.343 e. The monoisotopic (exact) mass is 330 g/mol. The lowest BCUT2D eigenvalue weighted by molar-refractivity contribution is -0.142. The number of esters is 1. The molecule has 0 unspecified atom stereocenters. The van der Waals surface area contributed by atoms with Gasteiger partial charge in [0.05, 0.1) is 7.11 Å². The van der Waals surface area contributed by atoms with Gasteiger partial charge in [0.1, 0.15) is 5.75 Å². The van der Waals surface area contributed by atoms with Gasteiger partial charge in [0, 0.05) is 10.6 Å². The van der Waals surface area contributed by atoms with Crippen molar-refractivity contribution in [3.05, 3.63) is 70.8 Å². The molecular formula is C18H15ClO4. The SMILES string of the molecule is COC(=O)COc1ccc(C(=O)C=Cc2ccccc2Cl)cc1. The van der Waals surface area contributed by atoms with Crippen LogP contribution >= 0.6 is 11.6 Å². The second-order valence-corrected chi connectivity index (χ2v) is 5.02. The van der Waals surface area contributed by atoms with E-state index in [2.05, 4.69) is 4.74 Å². The maximum atomic E-state index is 12.1. The van der Waals surface area contributed by atoms with Crippen LogP contribution in [0.3, 0.4) is 0 Å². The normalized spacial score (nSPS) is 10.5. The van der Waals surface area contributed by atoms with Gasteiger partial charge in [0.2, 0.25) is 0 Å². The first-order valence-corrected chi connectivity index (χ1v) is 7.24. The van der Waals surface area contributed by atoms with Crippen LogP contribution < -0.4 is 4.74 Å². The van der Waals surface area contributed by atoms with Crippen molar-refractivity contribution in [3.63, 3.8) is 0 Å². The van der Waals surface area contributed by atoms with Crippen molar-refractivity contribution in [3.8, 4) is 5.75 Å². The molecule has 0 fully saturated rings. The molecule has 0 heterocycles. The van der Waals surface area contributed by atoms with E-state index < -0.39 is 5.97 Å². The number of carbonyl (C=O) groups excluding carboxylic acids is 2. The molecule has 2 rings (SSSR count). The predicted molar refractivity (Wildman–Crippen MR) is 88.8 cm³/mol. The number of carbonyl (C=O) groups is 2. The van der Waals surface area contributed by atoms with Crippen LogP contribution in [0.1, 0.15) is 15.9 Å². The Hall–Kier alpha value is -2.59. The number of methoxy groups -OCH3 is 1. The molecule has 118 valence electrons. The van der Waals surface area contributed by atoms with E-state index in [-0.39, 0.29) is 12.4 Å². The van der Waals surface area contributed by atoms with Gasteiger partial charge in [-0.05, 0) is 48.0 Å². The lowest BCUT2D eigenvalue weighted by Gasteiger charge is -2.05. The van der Waals surface area contributed by atoms with Crippen molar-refractivity contribution in [1.82, 2.24) is 0 Å². The predicted octanol–water partition coefficient (Wildman–Crippen LogP) is 3.79. The summed E-state index contributed by atoms with van der Waals surface area (Å²) in [6.07, 6.45) is 3.14. The van der Waals surface area contributed by atoms with Crippen molar-refractivity contribution in [1.29, 1.82) is 0 Å². The number of ether oxygens (including phenoxy) is 2. The summed E-state index contributed by atoms with van der Waals surface area (Å²) in [6.45, 7) is -0.170. The summed E-state index contributed by atoms with van der Waals surface area (Å²) in [5.74, 6) is -0.126. The molecule has 0 amide bonds. The fourth-order valence-electron chi connectivity index (χ4n) is 1.79. The molecule has 0 saturated carbocycles. The fraction of sp³-hybridized carbons (Fsp3) is 0.111. The average molecular weight is 331 g/mol. The zero-order valence-electron chi connectivity index (χ0n) is 12.5. The third-order valence-electron chi connectivity index (χ3n) is 3.04. The van der Waals surface area contributed by atoms with Crippen LogP contribution in [0.5, 0.6) is 5.75 Å². The number of hydrogen-bond donors (Lipinski definition) is 0. The standard InChI is InChI=1S/C18H15ClO4/c1-22-18(21)12-23-15-9-6-14(7-10-15)17(20)11-8-13-4-2-3-5-16(13)19/h2-11H,12H2,1H3. The first kappa shape index (κ1) is 16.8. The summed E-state index contributed by atoms with van der Waals surface area (Å²) in [5, 5.41) is 0.586. The third kappa shape index (κ3) is 4.97. The number of halogens is 1. The van der Waals surface area contributed by atoms with E-state index in [0.29, 0.717) is 16.3 Å². The molecule has 0 saturated heterocycles. The van der Waals surface area contributed by atoms with E-state index in [1.54, 1.807) is 36.4 Å². The summed E-state index contributed by atoms with van der Waals surface area (Å²) in [7, 11) is 1.29. The van der Waals surface area contributed by atoms with Crippen molar-refractivity contribution in [2.45, 2.75) is 0 Å². The van der Waals surface area contributed by atoms with E-state index >= 15 is 0 Å². The van der Waals surface area contributed by atoms with Crippen LogP contribution in [0.2, 0.25) is 5.02 Å². The summed E-state index contributed by atoms with van der Waals surface area (Å²) >= 11 is 6.03. The molecule has 0 spiro atoms. The Morgan fingerprint density at radius 3 is 2.43 bits per heavy atom. The minimum atomic E-state index is -0.465. The zero-order valence-corrected chi connectivity index (χ0v) is 13.2. The number of rotatable bonds is 6. The first-order chi connectivity index (χ1) is 11.1. The van der Waals surface area contributed by atoms with Crippen LogP contribution in [0.15, 0.2) is 54.6 Å². The molecule has 0 N–H and O–H groups in total. The van der Waals surface area contributed by atoms with E-state index in [1.165, 1.54) is 13.2 Å². The van der Waals surface area contributed by atoms with Crippen LogP contribution in [-0.4, -0.2) is 25.5 Å². The molecule has 0 aliphatic carbocycles. The van der Waals surface area contributed by atoms with Gasteiger partial charge in [-0.1, -0.05) is 29.8 Å². The lowest BCUT2D eigenvalue weighted by Crippen LogP contribution is -2.12. The Labute approximate surface area is 139 Å². The molecule has 4 nitrogen and oxygen atoms in total.